The quantitative estimate of drug-likeness (QED) is 0.382. The molecule has 26 heavy (non-hydrogen) atoms. The lowest BCUT2D eigenvalue weighted by Crippen LogP contribution is -2.44. The summed E-state index contributed by atoms with van der Waals surface area (Å²) in [4.78, 5) is 5.56. The van der Waals surface area contributed by atoms with Crippen LogP contribution in [0, 0.1) is 6.92 Å². The zero-order chi connectivity index (χ0) is 18.4. The van der Waals surface area contributed by atoms with Gasteiger partial charge in [0.25, 0.3) is 0 Å². The van der Waals surface area contributed by atoms with Crippen molar-refractivity contribution in [1.82, 2.24) is 15.5 Å². The minimum absolute atomic E-state index is 0. The van der Waals surface area contributed by atoms with Crippen molar-refractivity contribution in [2.45, 2.75) is 32.1 Å². The van der Waals surface area contributed by atoms with Crippen LogP contribution in [0.25, 0.3) is 0 Å². The van der Waals surface area contributed by atoms with E-state index in [1.54, 1.807) is 14.2 Å². The van der Waals surface area contributed by atoms with Crippen LogP contribution in [0.2, 0.25) is 0 Å². The standard InChI is InChI=1S/C17H25F3N4O.HI/c1-12-4-5-13(15(8-12)25-3)9-22-16(21-2)23-14-6-7-24(10-14)11-17(18,19)20;/h4-5,8,14H,6-7,9-11H2,1-3H3,(H2,21,22,23);1H. The molecular formula is C17H26F3IN4O. The zero-order valence-electron chi connectivity index (χ0n) is 15.2. The first-order chi connectivity index (χ1) is 11.8. The summed E-state index contributed by atoms with van der Waals surface area (Å²) in [6.45, 7) is 2.43. The van der Waals surface area contributed by atoms with Crippen LogP contribution in [0.15, 0.2) is 23.2 Å². The lowest BCUT2D eigenvalue weighted by Gasteiger charge is -2.20. The molecule has 0 saturated carbocycles. The second kappa shape index (κ2) is 10.2. The van der Waals surface area contributed by atoms with Crippen LogP contribution in [-0.4, -0.2) is 56.9 Å². The van der Waals surface area contributed by atoms with Crippen molar-refractivity contribution >= 4 is 29.9 Å². The third-order valence-corrected chi connectivity index (χ3v) is 4.13. The van der Waals surface area contributed by atoms with Crippen molar-refractivity contribution in [3.8, 4) is 5.75 Å². The number of halogens is 4. The minimum Gasteiger partial charge on any atom is -0.496 e. The molecule has 1 atom stereocenters. The van der Waals surface area contributed by atoms with Gasteiger partial charge in [-0.25, -0.2) is 0 Å². The van der Waals surface area contributed by atoms with E-state index < -0.39 is 12.7 Å². The van der Waals surface area contributed by atoms with Crippen molar-refractivity contribution in [3.63, 3.8) is 0 Å². The fraction of sp³-hybridized carbons (Fsp3) is 0.588. The number of nitrogens with zero attached hydrogens (tertiary/aromatic N) is 2. The first-order valence-corrected chi connectivity index (χ1v) is 8.20. The normalized spacial score (nSPS) is 18.4. The molecule has 1 saturated heterocycles. The maximum Gasteiger partial charge on any atom is 0.401 e. The summed E-state index contributed by atoms with van der Waals surface area (Å²) in [6.07, 6.45) is -3.50. The van der Waals surface area contributed by atoms with Crippen LogP contribution in [-0.2, 0) is 6.54 Å². The Labute approximate surface area is 169 Å². The molecule has 1 fully saturated rings. The summed E-state index contributed by atoms with van der Waals surface area (Å²) >= 11 is 0. The van der Waals surface area contributed by atoms with Gasteiger partial charge in [-0.05, 0) is 25.0 Å². The number of alkyl halides is 3. The van der Waals surface area contributed by atoms with E-state index in [9.17, 15) is 13.2 Å². The number of benzene rings is 1. The third-order valence-electron chi connectivity index (χ3n) is 4.13. The lowest BCUT2D eigenvalue weighted by molar-refractivity contribution is -0.143. The number of rotatable bonds is 5. The lowest BCUT2D eigenvalue weighted by atomic mass is 10.1. The predicted octanol–water partition coefficient (Wildman–Crippen LogP) is 2.92. The van der Waals surface area contributed by atoms with E-state index in [1.807, 2.05) is 25.1 Å². The summed E-state index contributed by atoms with van der Waals surface area (Å²) in [5.74, 6) is 1.36. The molecule has 0 bridgehead atoms. The van der Waals surface area contributed by atoms with Gasteiger partial charge in [0.2, 0.25) is 0 Å². The van der Waals surface area contributed by atoms with E-state index in [0.717, 1.165) is 16.9 Å². The SMILES string of the molecule is CN=C(NCc1ccc(C)cc1OC)NC1CCN(CC(F)(F)F)C1.I. The molecule has 0 radical (unpaired) electrons. The molecule has 1 aliphatic rings. The van der Waals surface area contributed by atoms with Crippen molar-refractivity contribution in [1.29, 1.82) is 0 Å². The van der Waals surface area contributed by atoms with Crippen LogP contribution in [0.5, 0.6) is 5.75 Å². The Hall–Kier alpha value is -1.23. The van der Waals surface area contributed by atoms with Crippen LogP contribution >= 0.6 is 24.0 Å². The Morgan fingerprint density at radius 2 is 2.12 bits per heavy atom. The van der Waals surface area contributed by atoms with E-state index in [1.165, 1.54) is 4.90 Å². The van der Waals surface area contributed by atoms with Gasteiger partial charge in [-0.2, -0.15) is 13.2 Å². The summed E-state index contributed by atoms with van der Waals surface area (Å²) in [5, 5.41) is 6.38. The molecule has 0 spiro atoms. The van der Waals surface area contributed by atoms with Crippen LogP contribution < -0.4 is 15.4 Å². The fourth-order valence-corrected chi connectivity index (χ4v) is 2.91. The number of aryl methyl sites for hydroxylation is 1. The predicted molar refractivity (Wildman–Crippen MR) is 107 cm³/mol. The van der Waals surface area contributed by atoms with Crippen molar-refractivity contribution in [2.75, 3.05) is 33.8 Å². The smallest absolute Gasteiger partial charge is 0.401 e. The Kier molecular flexibility index (Phi) is 8.94. The molecule has 1 heterocycles. The molecule has 1 aromatic carbocycles. The molecule has 0 aliphatic carbocycles. The number of ether oxygens (including phenoxy) is 1. The minimum atomic E-state index is -4.16. The average Bonchev–Trinajstić information content (AvgIpc) is 2.97. The molecular weight excluding hydrogens is 460 g/mol. The Morgan fingerprint density at radius 1 is 1.38 bits per heavy atom. The van der Waals surface area contributed by atoms with Crippen LogP contribution in [0.4, 0.5) is 13.2 Å². The van der Waals surface area contributed by atoms with E-state index in [2.05, 4.69) is 15.6 Å². The summed E-state index contributed by atoms with van der Waals surface area (Å²) < 4.78 is 42.8. The second-order valence-corrected chi connectivity index (χ2v) is 6.22. The van der Waals surface area contributed by atoms with Gasteiger partial charge in [-0.3, -0.25) is 9.89 Å². The summed E-state index contributed by atoms with van der Waals surface area (Å²) in [6, 6.07) is 5.89. The molecule has 1 unspecified atom stereocenters. The molecule has 1 aliphatic heterocycles. The van der Waals surface area contributed by atoms with Crippen LogP contribution in [0.1, 0.15) is 17.5 Å². The monoisotopic (exact) mass is 486 g/mol. The van der Waals surface area contributed by atoms with E-state index in [-0.39, 0.29) is 30.0 Å². The van der Waals surface area contributed by atoms with Gasteiger partial charge in [0.05, 0.1) is 13.7 Å². The fourth-order valence-electron chi connectivity index (χ4n) is 2.91. The summed E-state index contributed by atoms with van der Waals surface area (Å²) in [5.41, 5.74) is 2.10. The van der Waals surface area contributed by atoms with E-state index in [4.69, 9.17) is 4.74 Å². The van der Waals surface area contributed by atoms with Gasteiger partial charge in [0, 0.05) is 38.3 Å². The first kappa shape index (κ1) is 22.8. The highest BCUT2D eigenvalue weighted by Crippen LogP contribution is 2.21. The first-order valence-electron chi connectivity index (χ1n) is 8.20. The maximum absolute atomic E-state index is 12.5. The molecule has 5 nitrogen and oxygen atoms in total. The average molecular weight is 486 g/mol. The number of methoxy groups -OCH3 is 1. The molecule has 2 rings (SSSR count). The topological polar surface area (TPSA) is 48.9 Å². The highest BCUT2D eigenvalue weighted by Gasteiger charge is 2.34. The zero-order valence-corrected chi connectivity index (χ0v) is 17.5. The number of hydrogen-bond acceptors (Lipinski definition) is 3. The van der Waals surface area contributed by atoms with Gasteiger partial charge in [0.1, 0.15) is 5.75 Å². The Morgan fingerprint density at radius 3 is 2.73 bits per heavy atom. The van der Waals surface area contributed by atoms with Crippen LogP contribution in [0.3, 0.4) is 0 Å². The molecule has 1 aromatic rings. The number of guanidine groups is 1. The third kappa shape index (κ3) is 7.18. The number of nitrogens with one attached hydrogen (secondary N) is 2. The van der Waals surface area contributed by atoms with Crippen molar-refractivity contribution in [3.05, 3.63) is 29.3 Å². The Bertz CT molecular complexity index is 610. The number of hydrogen-bond donors (Lipinski definition) is 2. The number of aliphatic imine (C=N–C) groups is 1. The highest BCUT2D eigenvalue weighted by molar-refractivity contribution is 14.0. The van der Waals surface area contributed by atoms with E-state index in [0.29, 0.717) is 32.0 Å². The highest BCUT2D eigenvalue weighted by atomic mass is 127. The van der Waals surface area contributed by atoms with Gasteiger partial charge < -0.3 is 15.4 Å². The van der Waals surface area contributed by atoms with Crippen molar-refractivity contribution in [2.24, 2.45) is 4.99 Å². The molecule has 2 N–H and O–H groups in total. The van der Waals surface area contributed by atoms with Gasteiger partial charge in [0.15, 0.2) is 5.96 Å². The van der Waals surface area contributed by atoms with Gasteiger partial charge >= 0.3 is 6.18 Å². The van der Waals surface area contributed by atoms with E-state index >= 15 is 0 Å². The van der Waals surface area contributed by atoms with Gasteiger partial charge in [-0.1, -0.05) is 12.1 Å². The maximum atomic E-state index is 12.5. The second-order valence-electron chi connectivity index (χ2n) is 6.22. The number of likely N-dealkylation sites (tertiary alicyclic amines) is 1. The largest absolute Gasteiger partial charge is 0.496 e. The summed E-state index contributed by atoms with van der Waals surface area (Å²) in [7, 11) is 3.27. The molecule has 9 heteroatoms. The van der Waals surface area contributed by atoms with Crippen molar-refractivity contribution < 1.29 is 17.9 Å². The molecule has 0 amide bonds. The Balaban J connectivity index is 0.00000338. The molecule has 0 aromatic heterocycles. The van der Waals surface area contributed by atoms with Gasteiger partial charge in [-0.15, -0.1) is 24.0 Å². The molecule has 148 valence electrons.